The van der Waals surface area contributed by atoms with Crippen LogP contribution in [-0.4, -0.2) is 9.55 Å². The van der Waals surface area contributed by atoms with Gasteiger partial charge in [-0.25, -0.2) is 4.98 Å². The zero-order valence-electron chi connectivity index (χ0n) is 47.6. The van der Waals surface area contributed by atoms with Crippen molar-refractivity contribution in [2.75, 3.05) is 9.80 Å². The van der Waals surface area contributed by atoms with Gasteiger partial charge in [-0.3, -0.25) is 0 Å². The Balaban J connectivity index is 0.00000578. The van der Waals surface area contributed by atoms with Crippen LogP contribution in [0.4, 0.5) is 22.7 Å². The SMILES string of the molecule is CC(C)(C)c1ccnc(-n2c3[c-]c(Oc4[c-]c(N5[CH-]N(c6c(-c7ccccc7)cccc6-c6ccccc6)c6ccc7c(c65)C5c6ccccc6C7c6ccccc65)ccc4)ccc3c3c4c(ccc32)C2c3ccccc3C4c3ccccc32)c1.[Pt]. The number of pyridine rings is 1. The van der Waals surface area contributed by atoms with Gasteiger partial charge < -0.3 is 19.1 Å². The molecule has 0 N–H and O–H groups in total. The number of aromatic nitrogens is 2. The van der Waals surface area contributed by atoms with E-state index in [0.29, 0.717) is 11.5 Å². The van der Waals surface area contributed by atoms with Crippen molar-refractivity contribution in [3.63, 3.8) is 0 Å². The summed E-state index contributed by atoms with van der Waals surface area (Å²) in [6, 6.07) is 97.0. The molecule has 0 amide bonds. The molecule has 7 aliphatic rings. The molecule has 5 nitrogen and oxygen atoms in total. The fourth-order valence-electron chi connectivity index (χ4n) is 15.5. The smallest absolute Gasteiger partial charge is 0.135 e. The van der Waals surface area contributed by atoms with E-state index < -0.39 is 0 Å². The minimum atomic E-state index is -0.0886. The first-order valence-corrected chi connectivity index (χ1v) is 29.7. The third-order valence-corrected chi connectivity index (χ3v) is 19.0. The van der Waals surface area contributed by atoms with Gasteiger partial charge in [-0.2, -0.15) is 12.1 Å². The van der Waals surface area contributed by atoms with Gasteiger partial charge in [0, 0.05) is 96.1 Å². The van der Waals surface area contributed by atoms with E-state index in [1.807, 2.05) is 12.3 Å². The van der Waals surface area contributed by atoms with Crippen LogP contribution in [0.5, 0.6) is 11.5 Å². The molecule has 86 heavy (non-hydrogen) atoms. The first-order valence-electron chi connectivity index (χ1n) is 29.7. The van der Waals surface area contributed by atoms with Crippen LogP contribution >= 0.6 is 0 Å². The molecule has 0 fully saturated rings. The topological polar surface area (TPSA) is 33.5 Å². The molecule has 0 unspecified atom stereocenters. The number of rotatable bonds is 7. The average molecular weight is 1280 g/mol. The minimum absolute atomic E-state index is 0. The molecule has 20 rings (SSSR count). The summed E-state index contributed by atoms with van der Waals surface area (Å²) in [6.07, 6.45) is 1.96. The molecule has 4 bridgehead atoms. The summed E-state index contributed by atoms with van der Waals surface area (Å²) in [5.41, 5.74) is 28.5. The van der Waals surface area contributed by atoms with Crippen molar-refractivity contribution in [1.29, 1.82) is 0 Å². The van der Waals surface area contributed by atoms with Crippen LogP contribution in [0.2, 0.25) is 0 Å². The number of benzene rings is 11. The second-order valence-electron chi connectivity index (χ2n) is 24.5. The van der Waals surface area contributed by atoms with E-state index in [0.717, 1.165) is 67.2 Å². The maximum Gasteiger partial charge on any atom is 0.135 e. The van der Waals surface area contributed by atoms with E-state index in [4.69, 9.17) is 9.72 Å². The van der Waals surface area contributed by atoms with Crippen molar-refractivity contribution >= 4 is 44.6 Å². The number of anilines is 4. The van der Waals surface area contributed by atoms with Crippen molar-refractivity contribution in [3.8, 4) is 39.6 Å². The predicted octanol–water partition coefficient (Wildman–Crippen LogP) is 19.6. The minimum Gasteiger partial charge on any atom is -0.509 e. The summed E-state index contributed by atoms with van der Waals surface area (Å²) >= 11 is 0. The fourth-order valence-corrected chi connectivity index (χ4v) is 15.5. The third-order valence-electron chi connectivity index (χ3n) is 19.0. The second-order valence-corrected chi connectivity index (χ2v) is 24.5. The van der Waals surface area contributed by atoms with Gasteiger partial charge in [-0.15, -0.1) is 48.1 Å². The maximum absolute atomic E-state index is 7.12. The van der Waals surface area contributed by atoms with Crippen LogP contribution < -0.4 is 14.5 Å². The molecule has 2 aromatic heterocycles. The molecule has 0 atom stereocenters. The Hall–Kier alpha value is -9.54. The van der Waals surface area contributed by atoms with E-state index in [1.165, 1.54) is 77.7 Å². The van der Waals surface area contributed by atoms with E-state index in [-0.39, 0.29) is 50.2 Å². The summed E-state index contributed by atoms with van der Waals surface area (Å²) in [5, 5.41) is 2.36. The number of nitrogens with zero attached hydrogens (tertiary/aromatic N) is 4. The van der Waals surface area contributed by atoms with Gasteiger partial charge in [0.25, 0.3) is 0 Å². The molecule has 0 saturated heterocycles. The zero-order valence-corrected chi connectivity index (χ0v) is 49.8. The van der Waals surface area contributed by atoms with Crippen LogP contribution in [-0.2, 0) is 26.5 Å². The molecule has 0 radical (unpaired) electrons. The number of fused-ring (bicyclic) bond motifs is 4. The van der Waals surface area contributed by atoms with Gasteiger partial charge in [0.2, 0.25) is 0 Å². The molecule has 0 spiro atoms. The molecule has 414 valence electrons. The summed E-state index contributed by atoms with van der Waals surface area (Å²) in [7, 11) is 0. The van der Waals surface area contributed by atoms with Gasteiger partial charge in [0.15, 0.2) is 0 Å². The maximum atomic E-state index is 7.12. The zero-order chi connectivity index (χ0) is 56.2. The average Bonchev–Trinajstić information content (AvgIpc) is 1.22. The van der Waals surface area contributed by atoms with Gasteiger partial charge >= 0.3 is 0 Å². The van der Waals surface area contributed by atoms with Crippen molar-refractivity contribution in [2.45, 2.75) is 49.9 Å². The Labute approximate surface area is 515 Å². The van der Waals surface area contributed by atoms with Gasteiger partial charge in [0.1, 0.15) is 5.82 Å². The van der Waals surface area contributed by atoms with Crippen LogP contribution in [0.25, 0.3) is 49.9 Å². The van der Waals surface area contributed by atoms with E-state index in [2.05, 4.69) is 291 Å². The summed E-state index contributed by atoms with van der Waals surface area (Å²) < 4.78 is 9.44. The van der Waals surface area contributed by atoms with Gasteiger partial charge in [-0.1, -0.05) is 214 Å². The molecule has 1 aliphatic heterocycles. The third kappa shape index (κ3) is 7.37. The predicted molar refractivity (Wildman–Crippen MR) is 343 cm³/mol. The van der Waals surface area contributed by atoms with Crippen LogP contribution in [0.3, 0.4) is 0 Å². The Bertz CT molecular complexity index is 4790. The first kappa shape index (κ1) is 50.9. The van der Waals surface area contributed by atoms with Gasteiger partial charge in [0.05, 0.1) is 0 Å². The van der Waals surface area contributed by atoms with E-state index in [9.17, 15) is 0 Å². The van der Waals surface area contributed by atoms with Crippen molar-refractivity contribution in [1.82, 2.24) is 9.55 Å². The summed E-state index contributed by atoms with van der Waals surface area (Å²) in [6.45, 7) is 9.09. The summed E-state index contributed by atoms with van der Waals surface area (Å²) in [4.78, 5) is 9.96. The Morgan fingerprint density at radius 3 is 1.53 bits per heavy atom. The van der Waals surface area contributed by atoms with E-state index >= 15 is 0 Å². The Morgan fingerprint density at radius 1 is 0.442 bits per heavy atom. The van der Waals surface area contributed by atoms with Crippen molar-refractivity contribution in [3.05, 3.63) is 340 Å². The largest absolute Gasteiger partial charge is 0.509 e. The second kappa shape index (κ2) is 19.2. The van der Waals surface area contributed by atoms with Crippen LogP contribution in [0, 0.1) is 18.8 Å². The first-order chi connectivity index (χ1) is 41.8. The molecule has 6 heteroatoms. The van der Waals surface area contributed by atoms with Crippen LogP contribution in [0.1, 0.15) is 117 Å². The Morgan fingerprint density at radius 2 is 0.953 bits per heavy atom. The standard InChI is InChI=1S/C80H55N4O.Pt/c1-80(2,3)50-42-43-81-70(44-50)84-67-40-38-65-71-56-26-10-14-30-60(56)73(61-31-15-11-27-57(61)71)76(65)75(67)64-37-36-53(46-69(64)84)85-52-25-18-24-51(45-52)82-47-83(78-54(48-20-6-4-7-21-48)34-19-35-55(78)49-22-8-5-9-23-49)68-41-39-66-72-58-28-12-16-32-62(58)74(77(66)79(68)82)63-33-17-13-29-59(63)72;/h4-44,47,71-74H,1-3H3;/q-3;. The fraction of sp³-hybridized carbons (Fsp3) is 0.100. The van der Waals surface area contributed by atoms with Crippen molar-refractivity contribution < 1.29 is 25.8 Å². The monoisotopic (exact) mass is 1280 g/mol. The normalized spacial score (nSPS) is 17.1. The summed E-state index contributed by atoms with van der Waals surface area (Å²) in [5.74, 6) is 2.41. The molecular weight excluding hydrogens is 1230 g/mol. The molecule has 11 aromatic carbocycles. The van der Waals surface area contributed by atoms with Crippen molar-refractivity contribution in [2.24, 2.45) is 0 Å². The number of para-hydroxylation sites is 1. The Kier molecular flexibility index (Phi) is 11.4. The quantitative estimate of drug-likeness (QED) is 0.149. The molecule has 13 aromatic rings. The van der Waals surface area contributed by atoms with Crippen LogP contribution in [0.15, 0.2) is 249 Å². The number of hydrogen-bond acceptors (Lipinski definition) is 4. The number of ether oxygens (including phenoxy) is 1. The molecule has 3 heterocycles. The number of hydrogen-bond donors (Lipinski definition) is 0. The molecule has 6 aliphatic carbocycles. The molecule has 0 saturated carbocycles. The van der Waals surface area contributed by atoms with E-state index in [1.54, 1.807) is 0 Å². The molecular formula is C80H55N4OPt-3. The van der Waals surface area contributed by atoms with Gasteiger partial charge in [-0.05, 0) is 119 Å².